The quantitative estimate of drug-likeness (QED) is 0.803. The van der Waals surface area contributed by atoms with Crippen molar-refractivity contribution in [2.24, 2.45) is 0 Å². The third kappa shape index (κ3) is 3.35. The van der Waals surface area contributed by atoms with Gasteiger partial charge in [-0.25, -0.2) is 4.68 Å². The summed E-state index contributed by atoms with van der Waals surface area (Å²) < 4.78 is 13.7. The lowest BCUT2D eigenvalue weighted by molar-refractivity contribution is -0.113. The van der Waals surface area contributed by atoms with Crippen molar-refractivity contribution in [1.29, 1.82) is 0 Å². The second-order valence-corrected chi connectivity index (χ2v) is 7.76. The summed E-state index contributed by atoms with van der Waals surface area (Å²) >= 11 is 1.31. The summed E-state index contributed by atoms with van der Waals surface area (Å²) in [6.07, 6.45) is 4.05. The van der Waals surface area contributed by atoms with Crippen LogP contribution in [0.4, 0.5) is 5.69 Å². The maximum Gasteiger partial charge on any atom is 0.251 e. The van der Waals surface area contributed by atoms with Crippen LogP contribution in [0.25, 0.3) is 0 Å². The van der Waals surface area contributed by atoms with Crippen molar-refractivity contribution in [3.05, 3.63) is 18.2 Å². The van der Waals surface area contributed by atoms with Crippen molar-refractivity contribution in [1.82, 2.24) is 20.2 Å². The molecule has 2 heterocycles. The summed E-state index contributed by atoms with van der Waals surface area (Å²) in [6.45, 7) is 3.98. The van der Waals surface area contributed by atoms with Crippen LogP contribution in [0, 0.1) is 0 Å². The molecule has 0 saturated heterocycles. The number of thioether (sulfide) groups is 1. The molecule has 0 radical (unpaired) electrons. The van der Waals surface area contributed by atoms with Crippen molar-refractivity contribution < 1.29 is 14.3 Å². The van der Waals surface area contributed by atoms with E-state index in [0.717, 1.165) is 31.4 Å². The minimum atomic E-state index is -0.491. The lowest BCUT2D eigenvalue weighted by atomic mass is 10.2. The first-order chi connectivity index (χ1) is 12.5. The summed E-state index contributed by atoms with van der Waals surface area (Å²) in [5, 5.41) is 15.1. The van der Waals surface area contributed by atoms with Crippen molar-refractivity contribution in [3.8, 4) is 11.5 Å². The number of carbonyl (C=O) groups is 1. The topological polar surface area (TPSA) is 91.2 Å². The van der Waals surface area contributed by atoms with Gasteiger partial charge in [0.15, 0.2) is 11.5 Å². The monoisotopic (exact) mass is 375 g/mol. The molecule has 26 heavy (non-hydrogen) atoms. The number of carbonyl (C=O) groups excluding carboxylic acids is 1. The van der Waals surface area contributed by atoms with Crippen molar-refractivity contribution in [2.45, 2.75) is 56.5 Å². The zero-order chi connectivity index (χ0) is 18.1. The average molecular weight is 375 g/mol. The van der Waals surface area contributed by atoms with Crippen LogP contribution in [0.2, 0.25) is 0 Å². The fourth-order valence-corrected chi connectivity index (χ4v) is 4.03. The molecule has 1 N–H and O–H groups in total. The molecule has 8 nitrogen and oxygen atoms in total. The highest BCUT2D eigenvalue weighted by Crippen LogP contribution is 2.47. The van der Waals surface area contributed by atoms with E-state index >= 15 is 0 Å². The predicted octanol–water partition coefficient (Wildman–Crippen LogP) is 3.03. The van der Waals surface area contributed by atoms with Crippen LogP contribution in [0.1, 0.15) is 45.6 Å². The van der Waals surface area contributed by atoms with Crippen LogP contribution in [-0.4, -0.2) is 37.7 Å². The van der Waals surface area contributed by atoms with Gasteiger partial charge in [0.2, 0.25) is 11.1 Å². The molecule has 1 fully saturated rings. The first-order valence-electron chi connectivity index (χ1n) is 8.77. The molecule has 9 heteroatoms. The largest absolute Gasteiger partial charge is 0.448 e. The number of hydrogen-bond donors (Lipinski definition) is 1. The lowest BCUT2D eigenvalue weighted by Crippen LogP contribution is -2.34. The number of aromatic nitrogens is 4. The van der Waals surface area contributed by atoms with Gasteiger partial charge in [0.05, 0.1) is 11.8 Å². The average Bonchev–Trinajstić information content (AvgIpc) is 3.32. The molecule has 2 aromatic rings. The number of ether oxygens (including phenoxy) is 2. The van der Waals surface area contributed by atoms with Gasteiger partial charge in [-0.1, -0.05) is 11.8 Å². The number of hydrogen-bond acceptors (Lipinski definition) is 7. The van der Waals surface area contributed by atoms with Gasteiger partial charge in [0.25, 0.3) is 5.79 Å². The highest BCUT2D eigenvalue weighted by molar-refractivity contribution is 7.99. The molecule has 1 saturated carbocycles. The summed E-state index contributed by atoms with van der Waals surface area (Å²) in [7, 11) is 0. The Hall–Kier alpha value is -2.29. The second-order valence-electron chi connectivity index (χ2n) is 6.82. The van der Waals surface area contributed by atoms with Gasteiger partial charge < -0.3 is 14.8 Å². The van der Waals surface area contributed by atoms with Gasteiger partial charge in [-0.15, -0.1) is 5.10 Å². The third-order valence-electron chi connectivity index (χ3n) is 4.47. The van der Waals surface area contributed by atoms with Crippen molar-refractivity contribution >= 4 is 23.4 Å². The van der Waals surface area contributed by atoms with E-state index in [2.05, 4.69) is 20.8 Å². The van der Waals surface area contributed by atoms with Gasteiger partial charge >= 0.3 is 0 Å². The number of benzene rings is 1. The molecule has 2 aliphatic rings. The Morgan fingerprint density at radius 2 is 2.08 bits per heavy atom. The van der Waals surface area contributed by atoms with E-state index in [1.54, 1.807) is 4.68 Å². The van der Waals surface area contributed by atoms with E-state index < -0.39 is 5.79 Å². The molecule has 1 aromatic carbocycles. The third-order valence-corrected chi connectivity index (χ3v) is 5.40. The van der Waals surface area contributed by atoms with E-state index in [1.165, 1.54) is 11.8 Å². The zero-order valence-electron chi connectivity index (χ0n) is 14.8. The number of nitrogens with zero attached hydrogens (tertiary/aromatic N) is 4. The molecule has 1 amide bonds. The van der Waals surface area contributed by atoms with Gasteiger partial charge in [-0.05, 0) is 49.2 Å². The van der Waals surface area contributed by atoms with Crippen LogP contribution < -0.4 is 14.8 Å². The number of tetrazole rings is 1. The van der Waals surface area contributed by atoms with Crippen LogP contribution in [0.15, 0.2) is 23.4 Å². The van der Waals surface area contributed by atoms with Crippen LogP contribution in [0.3, 0.4) is 0 Å². The summed E-state index contributed by atoms with van der Waals surface area (Å²) in [5.74, 6) is 1.06. The van der Waals surface area contributed by atoms with E-state index in [0.29, 0.717) is 16.6 Å². The maximum atomic E-state index is 12.3. The predicted molar refractivity (Wildman–Crippen MR) is 96.5 cm³/mol. The number of fused-ring (bicyclic) bond motifs is 1. The van der Waals surface area contributed by atoms with E-state index in [1.807, 2.05) is 32.0 Å². The summed E-state index contributed by atoms with van der Waals surface area (Å²) in [4.78, 5) is 12.3. The SMILES string of the molecule is CC(C)n1nnnc1SCC(=O)Nc1ccc2c(c1)OC1(CCCC1)O2. The first kappa shape index (κ1) is 17.1. The molecule has 1 aromatic heterocycles. The Morgan fingerprint density at radius 1 is 1.31 bits per heavy atom. The lowest BCUT2D eigenvalue weighted by Gasteiger charge is -2.21. The van der Waals surface area contributed by atoms with E-state index in [9.17, 15) is 4.79 Å². The minimum absolute atomic E-state index is 0.122. The summed E-state index contributed by atoms with van der Waals surface area (Å²) in [6, 6.07) is 5.65. The number of amides is 1. The Bertz CT molecular complexity index is 816. The van der Waals surface area contributed by atoms with Crippen LogP contribution in [-0.2, 0) is 4.79 Å². The Kier molecular flexibility index (Phi) is 4.47. The highest BCUT2D eigenvalue weighted by atomic mass is 32.2. The van der Waals surface area contributed by atoms with Crippen molar-refractivity contribution in [3.63, 3.8) is 0 Å². The molecule has 1 aliphatic heterocycles. The molecule has 4 rings (SSSR count). The Morgan fingerprint density at radius 3 is 2.85 bits per heavy atom. The molecule has 0 unspecified atom stereocenters. The highest BCUT2D eigenvalue weighted by Gasteiger charge is 2.44. The number of nitrogens with one attached hydrogen (secondary N) is 1. The first-order valence-corrected chi connectivity index (χ1v) is 9.76. The molecule has 0 bridgehead atoms. The Labute approximate surface area is 155 Å². The van der Waals surface area contributed by atoms with Crippen LogP contribution >= 0.6 is 11.8 Å². The summed E-state index contributed by atoms with van der Waals surface area (Å²) in [5.41, 5.74) is 0.691. The fourth-order valence-electron chi connectivity index (χ4n) is 3.22. The molecule has 1 aliphatic carbocycles. The standard InChI is InChI=1S/C17H21N5O3S/c1-11(2)22-16(19-20-21-22)26-10-15(23)18-12-5-6-13-14(9-12)25-17(24-13)7-3-4-8-17/h5-6,9,11H,3-4,7-8,10H2,1-2H3,(H,18,23). The van der Waals surface area contributed by atoms with Gasteiger partial charge in [-0.3, -0.25) is 4.79 Å². The van der Waals surface area contributed by atoms with Gasteiger partial charge in [0, 0.05) is 24.6 Å². The van der Waals surface area contributed by atoms with E-state index in [4.69, 9.17) is 9.47 Å². The van der Waals surface area contributed by atoms with Crippen LogP contribution in [0.5, 0.6) is 11.5 Å². The fraction of sp³-hybridized carbons (Fsp3) is 0.529. The maximum absolute atomic E-state index is 12.3. The number of rotatable bonds is 5. The normalized spacial score (nSPS) is 17.2. The zero-order valence-corrected chi connectivity index (χ0v) is 15.6. The number of anilines is 1. The van der Waals surface area contributed by atoms with E-state index in [-0.39, 0.29) is 17.7 Å². The van der Waals surface area contributed by atoms with Gasteiger partial charge in [0.1, 0.15) is 0 Å². The minimum Gasteiger partial charge on any atom is -0.448 e. The molecule has 138 valence electrons. The Balaban J connectivity index is 1.36. The molecule has 1 spiro atoms. The molecule has 0 atom stereocenters. The smallest absolute Gasteiger partial charge is 0.251 e. The molecular formula is C17H21N5O3S. The molecular weight excluding hydrogens is 354 g/mol. The van der Waals surface area contributed by atoms with Gasteiger partial charge in [-0.2, -0.15) is 0 Å². The van der Waals surface area contributed by atoms with Crippen molar-refractivity contribution in [2.75, 3.05) is 11.1 Å². The second kappa shape index (κ2) is 6.79.